The van der Waals surface area contributed by atoms with Gasteiger partial charge in [0.05, 0.1) is 0 Å². The van der Waals surface area contributed by atoms with Crippen LogP contribution in [0.15, 0.2) is 0 Å². The van der Waals surface area contributed by atoms with E-state index in [-0.39, 0.29) is 5.92 Å². The maximum Gasteiger partial charge on any atom is 0.324 e. The second-order valence-electron chi connectivity index (χ2n) is 7.46. The van der Waals surface area contributed by atoms with Crippen LogP contribution < -0.4 is 5.32 Å². The molecule has 1 aliphatic carbocycles. The fourth-order valence-electron chi connectivity index (χ4n) is 4.64. The summed E-state index contributed by atoms with van der Waals surface area (Å²) in [5, 5.41) is 12.8. The maximum atomic E-state index is 11.7. The number of rotatable bonds is 5. The highest BCUT2D eigenvalue weighted by atomic mass is 16.4. The van der Waals surface area contributed by atoms with Gasteiger partial charge in [-0.05, 0) is 64.0 Å². The van der Waals surface area contributed by atoms with Crippen LogP contribution in [0.25, 0.3) is 0 Å². The van der Waals surface area contributed by atoms with Crippen LogP contribution in [0.1, 0.15) is 52.9 Å². The first kappa shape index (κ1) is 16.8. The molecule has 1 aliphatic heterocycles. The summed E-state index contributed by atoms with van der Waals surface area (Å²) >= 11 is 0. The molecule has 4 nitrogen and oxygen atoms in total. The Kier molecular flexibility index (Phi) is 5.31. The maximum absolute atomic E-state index is 11.7. The quantitative estimate of drug-likeness (QED) is 0.819. The molecule has 21 heavy (non-hydrogen) atoms. The molecule has 2 N–H and O–H groups in total. The molecule has 4 heteroatoms. The number of hydrogen-bond donors (Lipinski definition) is 2. The van der Waals surface area contributed by atoms with Crippen LogP contribution in [-0.4, -0.2) is 47.7 Å². The second-order valence-corrected chi connectivity index (χ2v) is 7.46. The number of nitrogens with one attached hydrogen (secondary N) is 1. The zero-order chi connectivity index (χ0) is 15.6. The van der Waals surface area contributed by atoms with E-state index in [1.807, 2.05) is 0 Å². The molecule has 1 saturated heterocycles. The molecule has 0 aromatic heterocycles. The number of carbonyl (C=O) groups is 1. The monoisotopic (exact) mass is 296 g/mol. The van der Waals surface area contributed by atoms with E-state index in [1.165, 1.54) is 6.42 Å². The van der Waals surface area contributed by atoms with E-state index in [9.17, 15) is 9.90 Å². The van der Waals surface area contributed by atoms with E-state index in [0.29, 0.717) is 6.04 Å². The van der Waals surface area contributed by atoms with E-state index in [0.717, 1.165) is 50.6 Å². The van der Waals surface area contributed by atoms with Gasteiger partial charge in [0.1, 0.15) is 5.54 Å². The van der Waals surface area contributed by atoms with Gasteiger partial charge in [-0.1, -0.05) is 20.3 Å². The van der Waals surface area contributed by atoms with Gasteiger partial charge in [-0.15, -0.1) is 0 Å². The number of hydrogen-bond acceptors (Lipinski definition) is 3. The van der Waals surface area contributed by atoms with Gasteiger partial charge in [0.25, 0.3) is 0 Å². The largest absolute Gasteiger partial charge is 0.480 e. The summed E-state index contributed by atoms with van der Waals surface area (Å²) in [6, 6.07) is 0.622. The van der Waals surface area contributed by atoms with Gasteiger partial charge < -0.3 is 15.3 Å². The Hall–Kier alpha value is -0.610. The van der Waals surface area contributed by atoms with Gasteiger partial charge in [0.2, 0.25) is 0 Å². The molecule has 0 spiro atoms. The Morgan fingerprint density at radius 3 is 2.71 bits per heavy atom. The topological polar surface area (TPSA) is 52.6 Å². The zero-order valence-electron chi connectivity index (χ0n) is 14.1. The fraction of sp³-hybridized carbons (Fsp3) is 0.941. The van der Waals surface area contributed by atoms with E-state index in [4.69, 9.17) is 0 Å². The molecule has 1 saturated carbocycles. The summed E-state index contributed by atoms with van der Waals surface area (Å²) in [7, 11) is 1.81. The molecule has 2 rings (SSSR count). The van der Waals surface area contributed by atoms with Crippen LogP contribution in [0.4, 0.5) is 0 Å². The third-order valence-electron chi connectivity index (χ3n) is 6.13. The van der Waals surface area contributed by atoms with Crippen LogP contribution in [-0.2, 0) is 4.79 Å². The molecule has 122 valence electrons. The molecule has 0 radical (unpaired) electrons. The van der Waals surface area contributed by atoms with Crippen molar-refractivity contribution in [3.05, 3.63) is 0 Å². The molecular weight excluding hydrogens is 264 g/mol. The van der Waals surface area contributed by atoms with Gasteiger partial charge in [0, 0.05) is 12.6 Å². The average molecular weight is 296 g/mol. The summed E-state index contributed by atoms with van der Waals surface area (Å²) in [5.41, 5.74) is -0.684. The molecule has 0 aromatic rings. The normalized spacial score (nSPS) is 41.3. The summed E-state index contributed by atoms with van der Waals surface area (Å²) in [6.45, 7) is 9.21. The minimum atomic E-state index is -0.684. The highest BCUT2D eigenvalue weighted by Crippen LogP contribution is 2.38. The molecule has 0 bridgehead atoms. The Balaban J connectivity index is 1.97. The molecule has 2 fully saturated rings. The van der Waals surface area contributed by atoms with Crippen molar-refractivity contribution in [3.8, 4) is 0 Å². The van der Waals surface area contributed by atoms with Crippen molar-refractivity contribution in [3.63, 3.8) is 0 Å². The lowest BCUT2D eigenvalue weighted by Crippen LogP contribution is -2.54. The predicted molar refractivity (Wildman–Crippen MR) is 85.4 cm³/mol. The third-order valence-corrected chi connectivity index (χ3v) is 6.13. The number of carboxylic acids is 1. The summed E-state index contributed by atoms with van der Waals surface area (Å²) in [5.74, 6) is 1.10. The van der Waals surface area contributed by atoms with Crippen molar-refractivity contribution in [1.82, 2.24) is 10.2 Å². The standard InChI is InChI=1S/C17H32N2O2/c1-12-10-13(2)14(3)19(11-12)9-7-15-6-5-8-17(15,18-4)16(20)21/h12-15,18H,5-11H2,1-4H3,(H,20,21). The lowest BCUT2D eigenvalue weighted by molar-refractivity contribution is -0.146. The fourth-order valence-corrected chi connectivity index (χ4v) is 4.64. The Labute approximate surface area is 129 Å². The Morgan fingerprint density at radius 1 is 1.38 bits per heavy atom. The first-order valence-corrected chi connectivity index (χ1v) is 8.57. The molecular formula is C17H32N2O2. The summed E-state index contributed by atoms with van der Waals surface area (Å²) in [6.07, 6.45) is 5.15. The zero-order valence-corrected chi connectivity index (χ0v) is 14.1. The van der Waals surface area contributed by atoms with Gasteiger partial charge in [-0.3, -0.25) is 4.79 Å². The number of nitrogens with zero attached hydrogens (tertiary/aromatic N) is 1. The predicted octanol–water partition coefficient (Wildman–Crippen LogP) is 2.59. The number of aliphatic carboxylic acids is 1. The van der Waals surface area contributed by atoms with Crippen LogP contribution in [0.2, 0.25) is 0 Å². The van der Waals surface area contributed by atoms with Gasteiger partial charge in [0.15, 0.2) is 0 Å². The van der Waals surface area contributed by atoms with Gasteiger partial charge in [-0.2, -0.15) is 0 Å². The highest BCUT2D eigenvalue weighted by Gasteiger charge is 2.48. The number of likely N-dealkylation sites (N-methyl/N-ethyl adjacent to an activating group) is 1. The Morgan fingerprint density at radius 2 is 2.10 bits per heavy atom. The molecule has 2 aliphatic rings. The Bertz CT molecular complexity index is 374. The lowest BCUT2D eigenvalue weighted by atomic mass is 9.83. The van der Waals surface area contributed by atoms with Crippen LogP contribution in [0, 0.1) is 17.8 Å². The van der Waals surface area contributed by atoms with E-state index in [1.54, 1.807) is 7.05 Å². The van der Waals surface area contributed by atoms with Crippen molar-refractivity contribution < 1.29 is 9.90 Å². The van der Waals surface area contributed by atoms with Crippen LogP contribution >= 0.6 is 0 Å². The minimum Gasteiger partial charge on any atom is -0.480 e. The van der Waals surface area contributed by atoms with E-state index < -0.39 is 11.5 Å². The van der Waals surface area contributed by atoms with Crippen LogP contribution in [0.5, 0.6) is 0 Å². The van der Waals surface area contributed by atoms with Crippen molar-refractivity contribution in [2.24, 2.45) is 17.8 Å². The van der Waals surface area contributed by atoms with Crippen molar-refractivity contribution in [1.29, 1.82) is 0 Å². The van der Waals surface area contributed by atoms with Crippen molar-refractivity contribution in [2.45, 2.75) is 64.5 Å². The molecule has 5 atom stereocenters. The van der Waals surface area contributed by atoms with Crippen LogP contribution in [0.3, 0.4) is 0 Å². The van der Waals surface area contributed by atoms with Gasteiger partial charge >= 0.3 is 5.97 Å². The SMILES string of the molecule is CNC1(C(=O)O)CCCC1CCN1CC(C)CC(C)C1C. The third kappa shape index (κ3) is 3.26. The smallest absolute Gasteiger partial charge is 0.324 e. The van der Waals surface area contributed by atoms with Crippen molar-refractivity contribution >= 4 is 5.97 Å². The number of likely N-dealkylation sites (tertiary alicyclic amines) is 1. The second kappa shape index (κ2) is 6.66. The molecule has 5 unspecified atom stereocenters. The number of piperidine rings is 1. The minimum absolute atomic E-state index is 0.264. The molecule has 0 amide bonds. The average Bonchev–Trinajstić information content (AvgIpc) is 2.85. The molecule has 0 aromatic carbocycles. The number of carboxylic acid groups (broad SMARTS) is 1. The first-order valence-electron chi connectivity index (χ1n) is 8.57. The van der Waals surface area contributed by atoms with Gasteiger partial charge in [-0.25, -0.2) is 0 Å². The van der Waals surface area contributed by atoms with E-state index >= 15 is 0 Å². The first-order chi connectivity index (χ1) is 9.90. The van der Waals surface area contributed by atoms with Crippen molar-refractivity contribution in [2.75, 3.05) is 20.1 Å². The summed E-state index contributed by atoms with van der Waals surface area (Å²) in [4.78, 5) is 14.3. The highest BCUT2D eigenvalue weighted by molar-refractivity contribution is 5.79. The molecule has 1 heterocycles. The lowest BCUT2D eigenvalue weighted by Gasteiger charge is -2.42. The summed E-state index contributed by atoms with van der Waals surface area (Å²) < 4.78 is 0. The van der Waals surface area contributed by atoms with E-state index in [2.05, 4.69) is 31.0 Å².